The van der Waals surface area contributed by atoms with Gasteiger partial charge in [-0.3, -0.25) is 9.52 Å². The lowest BCUT2D eigenvalue weighted by Gasteiger charge is -2.03. The summed E-state index contributed by atoms with van der Waals surface area (Å²) in [6.07, 6.45) is 0.284. The van der Waals surface area contributed by atoms with E-state index in [0.29, 0.717) is 5.01 Å². The molecule has 0 unspecified atom stereocenters. The van der Waals surface area contributed by atoms with Crippen LogP contribution in [0.3, 0.4) is 0 Å². The number of ether oxygens (including phenoxy) is 1. The maximum absolute atomic E-state index is 11.6. The molecule has 0 saturated heterocycles. The summed E-state index contributed by atoms with van der Waals surface area (Å²) in [5.41, 5.74) is 0. The van der Waals surface area contributed by atoms with E-state index >= 15 is 0 Å². The lowest BCUT2D eigenvalue weighted by molar-refractivity contribution is -0.140. The number of aryl methyl sites for hydroxylation is 1. The summed E-state index contributed by atoms with van der Waals surface area (Å²) in [6, 6.07) is 0. The summed E-state index contributed by atoms with van der Waals surface area (Å²) in [7, 11) is -2.21. The third-order valence-corrected chi connectivity index (χ3v) is 4.00. The van der Waals surface area contributed by atoms with E-state index in [4.69, 9.17) is 0 Å². The molecule has 0 fully saturated rings. The number of methoxy groups -OCH3 is 1. The van der Waals surface area contributed by atoms with Crippen molar-refractivity contribution in [3.63, 3.8) is 0 Å². The number of carbonyl (C=O) groups excluding carboxylic acids is 1. The van der Waals surface area contributed by atoms with E-state index in [9.17, 15) is 13.2 Å². The lowest BCUT2D eigenvalue weighted by atomic mass is 10.3. The highest BCUT2D eigenvalue weighted by molar-refractivity contribution is 7.92. The molecular weight excluding hydrogens is 266 g/mol. The van der Waals surface area contributed by atoms with Gasteiger partial charge in [0.15, 0.2) is 0 Å². The number of carbonyl (C=O) groups is 1. The average Bonchev–Trinajstić information content (AvgIpc) is 2.62. The van der Waals surface area contributed by atoms with Crippen molar-refractivity contribution in [3.8, 4) is 0 Å². The second-order valence-corrected chi connectivity index (χ2v) is 6.25. The minimum absolute atomic E-state index is 0.0759. The highest BCUT2D eigenvalue weighted by Gasteiger charge is 2.14. The number of nitrogens with one attached hydrogen (secondary N) is 1. The molecule has 7 nitrogen and oxygen atoms in total. The molecule has 9 heteroatoms. The van der Waals surface area contributed by atoms with Crippen LogP contribution in [0.5, 0.6) is 0 Å². The number of sulfonamides is 1. The molecule has 1 aromatic heterocycles. The predicted molar refractivity (Wildman–Crippen MR) is 63.3 cm³/mol. The van der Waals surface area contributed by atoms with Gasteiger partial charge in [0, 0.05) is 6.42 Å². The molecule has 0 radical (unpaired) electrons. The van der Waals surface area contributed by atoms with Crippen molar-refractivity contribution in [1.82, 2.24) is 10.2 Å². The zero-order valence-electron chi connectivity index (χ0n) is 9.47. The highest BCUT2D eigenvalue weighted by Crippen LogP contribution is 2.15. The molecule has 0 saturated carbocycles. The van der Waals surface area contributed by atoms with E-state index in [-0.39, 0.29) is 23.7 Å². The average molecular weight is 279 g/mol. The van der Waals surface area contributed by atoms with Crippen LogP contribution in [-0.4, -0.2) is 37.4 Å². The molecule has 0 spiro atoms. The van der Waals surface area contributed by atoms with E-state index in [1.807, 2.05) is 0 Å². The van der Waals surface area contributed by atoms with Crippen LogP contribution in [0.1, 0.15) is 17.8 Å². The Balaban J connectivity index is 2.44. The Kier molecular flexibility index (Phi) is 4.82. The van der Waals surface area contributed by atoms with Gasteiger partial charge in [0.25, 0.3) is 0 Å². The molecule has 0 amide bonds. The fourth-order valence-corrected chi connectivity index (χ4v) is 2.95. The molecule has 1 aromatic rings. The monoisotopic (exact) mass is 279 g/mol. The van der Waals surface area contributed by atoms with E-state index in [1.165, 1.54) is 7.11 Å². The molecular formula is C8H13N3O4S2. The first kappa shape index (κ1) is 13.8. The normalized spacial score (nSPS) is 11.2. The summed E-state index contributed by atoms with van der Waals surface area (Å²) in [5, 5.41) is 8.25. The Morgan fingerprint density at radius 3 is 2.71 bits per heavy atom. The first-order chi connectivity index (χ1) is 7.93. The van der Waals surface area contributed by atoms with E-state index in [0.717, 1.165) is 11.3 Å². The third kappa shape index (κ3) is 5.09. The van der Waals surface area contributed by atoms with Crippen LogP contribution in [0, 0.1) is 6.92 Å². The first-order valence-corrected chi connectivity index (χ1v) is 7.27. The van der Waals surface area contributed by atoms with Gasteiger partial charge >= 0.3 is 5.97 Å². The predicted octanol–water partition coefficient (Wildman–Crippen LogP) is 0.541. The Labute approximate surface area is 103 Å². The smallest absolute Gasteiger partial charge is 0.305 e. The van der Waals surface area contributed by atoms with Crippen molar-refractivity contribution in [1.29, 1.82) is 0 Å². The second kappa shape index (κ2) is 5.92. The summed E-state index contributed by atoms with van der Waals surface area (Å²) in [6.45, 7) is 1.73. The maximum Gasteiger partial charge on any atom is 0.305 e. The summed E-state index contributed by atoms with van der Waals surface area (Å²) >= 11 is 1.15. The third-order valence-electron chi connectivity index (χ3n) is 1.79. The number of anilines is 1. The van der Waals surface area contributed by atoms with Gasteiger partial charge in [-0.15, -0.1) is 10.2 Å². The van der Waals surface area contributed by atoms with Crippen LogP contribution in [0.4, 0.5) is 5.13 Å². The van der Waals surface area contributed by atoms with Crippen molar-refractivity contribution < 1.29 is 17.9 Å². The number of nitrogens with zero attached hydrogens (tertiary/aromatic N) is 2. The van der Waals surface area contributed by atoms with Crippen molar-refractivity contribution in [2.24, 2.45) is 0 Å². The summed E-state index contributed by atoms with van der Waals surface area (Å²) in [5.74, 6) is -0.576. The Morgan fingerprint density at radius 1 is 1.47 bits per heavy atom. The van der Waals surface area contributed by atoms with Crippen LogP contribution in [0.25, 0.3) is 0 Å². The number of rotatable bonds is 6. The van der Waals surface area contributed by atoms with Crippen molar-refractivity contribution >= 4 is 32.5 Å². The zero-order valence-corrected chi connectivity index (χ0v) is 11.1. The van der Waals surface area contributed by atoms with E-state index < -0.39 is 16.0 Å². The number of aromatic nitrogens is 2. The van der Waals surface area contributed by atoms with Gasteiger partial charge in [0.1, 0.15) is 5.01 Å². The second-order valence-electron chi connectivity index (χ2n) is 3.23. The Bertz CT molecular complexity index is 483. The van der Waals surface area contributed by atoms with Gasteiger partial charge in [-0.25, -0.2) is 8.42 Å². The molecule has 0 aliphatic heterocycles. The van der Waals surface area contributed by atoms with Crippen molar-refractivity contribution in [2.45, 2.75) is 19.8 Å². The van der Waals surface area contributed by atoms with Gasteiger partial charge < -0.3 is 4.74 Å². The molecule has 0 aliphatic rings. The topological polar surface area (TPSA) is 98.2 Å². The molecule has 1 rings (SSSR count). The van der Waals surface area contributed by atoms with Gasteiger partial charge in [0.2, 0.25) is 15.2 Å². The molecule has 96 valence electrons. The lowest BCUT2D eigenvalue weighted by Crippen LogP contribution is -2.17. The molecule has 17 heavy (non-hydrogen) atoms. The quantitative estimate of drug-likeness (QED) is 0.763. The molecule has 0 bridgehead atoms. The number of hydrogen-bond acceptors (Lipinski definition) is 7. The first-order valence-electron chi connectivity index (χ1n) is 4.80. The summed E-state index contributed by atoms with van der Waals surface area (Å²) in [4.78, 5) is 10.8. The van der Waals surface area contributed by atoms with Crippen molar-refractivity contribution in [3.05, 3.63) is 5.01 Å². The van der Waals surface area contributed by atoms with Gasteiger partial charge in [-0.05, 0) is 13.3 Å². The van der Waals surface area contributed by atoms with E-state index in [1.54, 1.807) is 6.92 Å². The Hall–Kier alpha value is -1.22. The van der Waals surface area contributed by atoms with Crippen molar-refractivity contribution in [2.75, 3.05) is 17.6 Å². The van der Waals surface area contributed by atoms with E-state index in [2.05, 4.69) is 19.7 Å². The molecule has 0 atom stereocenters. The SMILES string of the molecule is COC(=O)CCCS(=O)(=O)Nc1nnc(C)s1. The zero-order chi connectivity index (χ0) is 12.9. The summed E-state index contributed by atoms with van der Waals surface area (Å²) < 4.78 is 29.8. The standard InChI is InChI=1S/C8H13N3O4S2/c1-6-9-10-8(16-6)11-17(13,14)5-3-4-7(12)15-2/h3-5H2,1-2H3,(H,10,11). The molecule has 1 N–H and O–H groups in total. The fourth-order valence-electron chi connectivity index (χ4n) is 1.03. The number of esters is 1. The van der Waals surface area contributed by atoms with Crippen LogP contribution in [0.2, 0.25) is 0 Å². The minimum atomic E-state index is -3.48. The Morgan fingerprint density at radius 2 is 2.18 bits per heavy atom. The van der Waals surface area contributed by atoms with Gasteiger partial charge in [-0.2, -0.15) is 0 Å². The molecule has 0 aromatic carbocycles. The fraction of sp³-hybridized carbons (Fsp3) is 0.625. The largest absolute Gasteiger partial charge is 0.469 e. The van der Waals surface area contributed by atoms with Crippen LogP contribution in [0.15, 0.2) is 0 Å². The van der Waals surface area contributed by atoms with Gasteiger partial charge in [0.05, 0.1) is 12.9 Å². The van der Waals surface area contributed by atoms with Gasteiger partial charge in [-0.1, -0.05) is 11.3 Å². The maximum atomic E-state index is 11.6. The molecule has 0 aliphatic carbocycles. The molecule has 1 heterocycles. The highest BCUT2D eigenvalue weighted by atomic mass is 32.2. The van der Waals surface area contributed by atoms with Crippen LogP contribution < -0.4 is 4.72 Å². The minimum Gasteiger partial charge on any atom is -0.469 e. The van der Waals surface area contributed by atoms with Crippen LogP contribution >= 0.6 is 11.3 Å². The van der Waals surface area contributed by atoms with Crippen LogP contribution in [-0.2, 0) is 19.6 Å². The number of hydrogen-bond donors (Lipinski definition) is 1.